The molecule has 1 rings (SSSR count). The molecule has 0 N–H and O–H groups in total. The van der Waals surface area contributed by atoms with Gasteiger partial charge in [-0.15, -0.1) is 0 Å². The van der Waals surface area contributed by atoms with Crippen LogP contribution in [0.25, 0.3) is 0 Å². The maximum atomic E-state index is 11.5. The lowest BCUT2D eigenvalue weighted by Crippen LogP contribution is -2.24. The molecule has 0 bridgehead atoms. The standard InChI is InChI=1S/C7H14O4S2/c1-2-4-13(10,11)7-3-5-12(8,9)6-7/h7H,2-6H2,1H3. The molecule has 1 heterocycles. The maximum absolute atomic E-state index is 11.5. The summed E-state index contributed by atoms with van der Waals surface area (Å²) in [6, 6.07) is 0. The molecule has 0 radical (unpaired) electrons. The molecular weight excluding hydrogens is 212 g/mol. The van der Waals surface area contributed by atoms with E-state index < -0.39 is 24.9 Å². The average Bonchev–Trinajstić information content (AvgIpc) is 2.30. The Morgan fingerprint density at radius 3 is 2.38 bits per heavy atom. The minimum absolute atomic E-state index is 0.0284. The smallest absolute Gasteiger partial charge is 0.154 e. The highest BCUT2D eigenvalue weighted by molar-refractivity contribution is 7.96. The van der Waals surface area contributed by atoms with Gasteiger partial charge in [-0.2, -0.15) is 0 Å². The summed E-state index contributed by atoms with van der Waals surface area (Å²) in [5.74, 6) is -0.0386. The first-order valence-electron chi connectivity index (χ1n) is 4.29. The maximum Gasteiger partial charge on any atom is 0.154 e. The number of rotatable bonds is 3. The summed E-state index contributed by atoms with van der Waals surface area (Å²) in [5.41, 5.74) is 0. The Bertz CT molecular complexity index is 365. The van der Waals surface area contributed by atoms with Crippen LogP contribution in [0.2, 0.25) is 0 Å². The second kappa shape index (κ2) is 3.57. The summed E-state index contributed by atoms with van der Waals surface area (Å²) in [7, 11) is -6.24. The summed E-state index contributed by atoms with van der Waals surface area (Å²) in [4.78, 5) is 0. The Hall–Kier alpha value is -0.100. The van der Waals surface area contributed by atoms with Gasteiger partial charge < -0.3 is 0 Å². The molecule has 0 saturated carbocycles. The molecule has 78 valence electrons. The highest BCUT2D eigenvalue weighted by Crippen LogP contribution is 2.19. The highest BCUT2D eigenvalue weighted by Gasteiger charge is 2.36. The van der Waals surface area contributed by atoms with Crippen molar-refractivity contribution in [2.24, 2.45) is 0 Å². The van der Waals surface area contributed by atoms with Crippen LogP contribution in [0.3, 0.4) is 0 Å². The molecule has 1 aliphatic heterocycles. The van der Waals surface area contributed by atoms with Gasteiger partial charge in [0, 0.05) is 0 Å². The molecular formula is C7H14O4S2. The normalized spacial score (nSPS) is 27.6. The summed E-state index contributed by atoms with van der Waals surface area (Å²) < 4.78 is 45.0. The Labute approximate surface area is 79.2 Å². The van der Waals surface area contributed by atoms with E-state index in [9.17, 15) is 16.8 Å². The number of sulfone groups is 2. The second-order valence-corrected chi connectivity index (χ2v) is 8.02. The quantitative estimate of drug-likeness (QED) is 0.679. The molecule has 0 aromatic carbocycles. The first kappa shape index (κ1) is 11.0. The average molecular weight is 226 g/mol. The fraction of sp³-hybridized carbons (Fsp3) is 1.00. The van der Waals surface area contributed by atoms with Crippen LogP contribution in [0, 0.1) is 0 Å². The lowest BCUT2D eigenvalue weighted by Gasteiger charge is -2.07. The van der Waals surface area contributed by atoms with Crippen LogP contribution in [-0.4, -0.2) is 39.3 Å². The predicted molar refractivity (Wildman–Crippen MR) is 51.1 cm³/mol. The monoisotopic (exact) mass is 226 g/mol. The zero-order valence-corrected chi connectivity index (χ0v) is 9.20. The van der Waals surface area contributed by atoms with Gasteiger partial charge in [0.2, 0.25) is 0 Å². The number of hydrogen-bond acceptors (Lipinski definition) is 4. The zero-order chi connectivity index (χ0) is 10.1. The van der Waals surface area contributed by atoms with Crippen LogP contribution in [0.4, 0.5) is 0 Å². The second-order valence-electron chi connectivity index (χ2n) is 3.39. The highest BCUT2D eigenvalue weighted by atomic mass is 32.2. The Kier molecular flexibility index (Phi) is 3.01. The van der Waals surface area contributed by atoms with Gasteiger partial charge in [-0.25, -0.2) is 16.8 Å². The van der Waals surface area contributed by atoms with E-state index in [0.29, 0.717) is 6.42 Å². The van der Waals surface area contributed by atoms with E-state index in [1.165, 1.54) is 0 Å². The summed E-state index contributed by atoms with van der Waals surface area (Å²) in [5, 5.41) is -0.641. The minimum atomic E-state index is -3.16. The molecule has 0 aromatic heterocycles. The van der Waals surface area contributed by atoms with E-state index in [4.69, 9.17) is 0 Å². The molecule has 0 aliphatic carbocycles. The molecule has 0 spiro atoms. The van der Waals surface area contributed by atoms with E-state index in [-0.39, 0.29) is 23.7 Å². The lowest BCUT2D eigenvalue weighted by atomic mass is 10.4. The van der Waals surface area contributed by atoms with Crippen molar-refractivity contribution >= 4 is 19.7 Å². The summed E-state index contributed by atoms with van der Waals surface area (Å²) in [6.45, 7) is 1.78. The van der Waals surface area contributed by atoms with Gasteiger partial charge in [0.05, 0.1) is 22.5 Å². The van der Waals surface area contributed by atoms with Crippen LogP contribution in [0.5, 0.6) is 0 Å². The van der Waals surface area contributed by atoms with E-state index in [1.54, 1.807) is 6.92 Å². The van der Waals surface area contributed by atoms with Crippen molar-refractivity contribution in [3.63, 3.8) is 0 Å². The van der Waals surface area contributed by atoms with Gasteiger partial charge in [0.15, 0.2) is 19.7 Å². The van der Waals surface area contributed by atoms with Crippen molar-refractivity contribution in [2.75, 3.05) is 17.3 Å². The van der Waals surface area contributed by atoms with Gasteiger partial charge in [0.1, 0.15) is 0 Å². The van der Waals surface area contributed by atoms with Crippen LogP contribution >= 0.6 is 0 Å². The molecule has 1 saturated heterocycles. The zero-order valence-electron chi connectivity index (χ0n) is 7.56. The Morgan fingerprint density at radius 1 is 1.38 bits per heavy atom. The fourth-order valence-corrected chi connectivity index (χ4v) is 6.02. The van der Waals surface area contributed by atoms with Gasteiger partial charge >= 0.3 is 0 Å². The topological polar surface area (TPSA) is 68.3 Å². The third-order valence-electron chi connectivity index (χ3n) is 2.19. The molecule has 1 fully saturated rings. The van der Waals surface area contributed by atoms with Crippen molar-refractivity contribution in [2.45, 2.75) is 25.0 Å². The van der Waals surface area contributed by atoms with Crippen molar-refractivity contribution in [1.29, 1.82) is 0 Å². The van der Waals surface area contributed by atoms with Crippen LogP contribution in [0.1, 0.15) is 19.8 Å². The molecule has 13 heavy (non-hydrogen) atoms. The Balaban J connectivity index is 2.77. The third kappa shape index (κ3) is 2.67. The molecule has 1 atom stereocenters. The van der Waals surface area contributed by atoms with E-state index in [0.717, 1.165) is 0 Å². The fourth-order valence-electron chi connectivity index (χ4n) is 1.50. The van der Waals surface area contributed by atoms with Crippen LogP contribution < -0.4 is 0 Å². The third-order valence-corrected chi connectivity index (χ3v) is 6.56. The first-order valence-corrected chi connectivity index (χ1v) is 7.83. The predicted octanol–water partition coefficient (Wildman–Crippen LogP) is -0.00170. The van der Waals surface area contributed by atoms with Crippen LogP contribution in [0.15, 0.2) is 0 Å². The first-order chi connectivity index (χ1) is 5.87. The largest absolute Gasteiger partial charge is 0.229 e. The molecule has 1 unspecified atom stereocenters. The van der Waals surface area contributed by atoms with E-state index in [1.807, 2.05) is 0 Å². The van der Waals surface area contributed by atoms with Crippen molar-refractivity contribution in [3.05, 3.63) is 0 Å². The Morgan fingerprint density at radius 2 is 2.00 bits per heavy atom. The molecule has 0 aromatic rings. The van der Waals surface area contributed by atoms with E-state index >= 15 is 0 Å². The van der Waals surface area contributed by atoms with Crippen molar-refractivity contribution < 1.29 is 16.8 Å². The van der Waals surface area contributed by atoms with Gasteiger partial charge in [-0.05, 0) is 12.8 Å². The van der Waals surface area contributed by atoms with Crippen molar-refractivity contribution in [3.8, 4) is 0 Å². The minimum Gasteiger partial charge on any atom is -0.229 e. The van der Waals surface area contributed by atoms with Gasteiger partial charge in [0.25, 0.3) is 0 Å². The molecule has 4 nitrogen and oxygen atoms in total. The summed E-state index contributed by atoms with van der Waals surface area (Å²) in [6.07, 6.45) is 0.837. The summed E-state index contributed by atoms with van der Waals surface area (Å²) >= 11 is 0. The van der Waals surface area contributed by atoms with Gasteiger partial charge in [-0.3, -0.25) is 0 Å². The number of hydrogen-bond donors (Lipinski definition) is 0. The van der Waals surface area contributed by atoms with Crippen molar-refractivity contribution in [1.82, 2.24) is 0 Å². The lowest BCUT2D eigenvalue weighted by molar-refractivity contribution is 0.581. The van der Waals surface area contributed by atoms with E-state index in [2.05, 4.69) is 0 Å². The van der Waals surface area contributed by atoms with Gasteiger partial charge in [-0.1, -0.05) is 6.92 Å². The molecule has 6 heteroatoms. The SMILES string of the molecule is CCCS(=O)(=O)C1CCS(=O)(=O)C1. The molecule has 0 amide bonds. The van der Waals surface area contributed by atoms with Crippen LogP contribution in [-0.2, 0) is 19.7 Å². The molecule has 1 aliphatic rings.